The predicted octanol–water partition coefficient (Wildman–Crippen LogP) is 1.60. The van der Waals surface area contributed by atoms with Crippen LogP contribution in [0.4, 0.5) is 11.5 Å². The van der Waals surface area contributed by atoms with Crippen molar-refractivity contribution in [1.82, 2.24) is 14.9 Å². The second-order valence-electron chi connectivity index (χ2n) is 5.34. The maximum Gasteiger partial charge on any atom is 0.242 e. The summed E-state index contributed by atoms with van der Waals surface area (Å²) in [5.74, 6) is 1.94. The Kier molecular flexibility index (Phi) is 5.40. The van der Waals surface area contributed by atoms with Gasteiger partial charge < -0.3 is 20.7 Å². The van der Waals surface area contributed by atoms with Gasteiger partial charge in [-0.25, -0.2) is 4.98 Å². The molecule has 0 saturated carbocycles. The van der Waals surface area contributed by atoms with Crippen molar-refractivity contribution in [2.24, 2.45) is 5.92 Å². The summed E-state index contributed by atoms with van der Waals surface area (Å²) in [5, 5.41) is 3.30. The smallest absolute Gasteiger partial charge is 0.242 e. The van der Waals surface area contributed by atoms with Gasteiger partial charge in [-0.05, 0) is 52.2 Å². The van der Waals surface area contributed by atoms with Crippen LogP contribution >= 0.6 is 0 Å². The lowest BCUT2D eigenvalue weighted by Gasteiger charge is -2.28. The Labute approximate surface area is 120 Å². The summed E-state index contributed by atoms with van der Waals surface area (Å²) < 4.78 is 5.36. The minimum atomic E-state index is 0.462. The highest BCUT2D eigenvalue weighted by Crippen LogP contribution is 2.25. The van der Waals surface area contributed by atoms with Crippen LogP contribution in [0.5, 0.6) is 5.88 Å². The third-order valence-corrected chi connectivity index (χ3v) is 3.81. The molecular formula is C14H25N5O. The number of rotatable bonds is 6. The molecule has 0 amide bonds. The van der Waals surface area contributed by atoms with Crippen LogP contribution in [0.3, 0.4) is 0 Å². The lowest BCUT2D eigenvalue weighted by atomic mass is 9.94. The Morgan fingerprint density at radius 1 is 1.40 bits per heavy atom. The molecular weight excluding hydrogens is 254 g/mol. The highest BCUT2D eigenvalue weighted by molar-refractivity contribution is 5.66. The van der Waals surface area contributed by atoms with E-state index in [0.717, 1.165) is 18.9 Å². The van der Waals surface area contributed by atoms with Crippen LogP contribution in [0, 0.1) is 5.92 Å². The molecule has 6 nitrogen and oxygen atoms in total. The zero-order valence-corrected chi connectivity index (χ0v) is 12.4. The Bertz CT molecular complexity index is 418. The van der Waals surface area contributed by atoms with Gasteiger partial charge in [-0.2, -0.15) is 4.98 Å². The van der Waals surface area contributed by atoms with Gasteiger partial charge in [0.15, 0.2) is 5.82 Å². The lowest BCUT2D eigenvalue weighted by molar-refractivity contribution is 0.215. The van der Waals surface area contributed by atoms with Gasteiger partial charge in [-0.1, -0.05) is 0 Å². The van der Waals surface area contributed by atoms with Crippen molar-refractivity contribution >= 4 is 11.5 Å². The van der Waals surface area contributed by atoms with Crippen LogP contribution in [0.15, 0.2) is 6.33 Å². The van der Waals surface area contributed by atoms with Crippen LogP contribution < -0.4 is 15.8 Å². The normalized spacial score (nSPS) is 17.1. The fraction of sp³-hybridized carbons (Fsp3) is 0.714. The van der Waals surface area contributed by atoms with E-state index in [2.05, 4.69) is 27.2 Å². The highest BCUT2D eigenvalue weighted by Gasteiger charge is 2.16. The number of nitrogens with two attached hydrogens (primary N) is 1. The molecule has 0 atom stereocenters. The van der Waals surface area contributed by atoms with Crippen LogP contribution in [-0.2, 0) is 0 Å². The van der Waals surface area contributed by atoms with Crippen molar-refractivity contribution < 1.29 is 4.74 Å². The number of piperidine rings is 1. The van der Waals surface area contributed by atoms with Gasteiger partial charge in [0.25, 0.3) is 0 Å². The van der Waals surface area contributed by atoms with Gasteiger partial charge in [0.2, 0.25) is 5.88 Å². The highest BCUT2D eigenvalue weighted by atomic mass is 16.5. The average molecular weight is 279 g/mol. The number of anilines is 2. The summed E-state index contributed by atoms with van der Waals surface area (Å²) in [7, 11) is 2.19. The number of ether oxygens (including phenoxy) is 1. The third-order valence-electron chi connectivity index (χ3n) is 3.81. The van der Waals surface area contributed by atoms with E-state index in [1.807, 2.05) is 6.92 Å². The zero-order valence-electron chi connectivity index (χ0n) is 12.4. The van der Waals surface area contributed by atoms with Gasteiger partial charge >= 0.3 is 0 Å². The fourth-order valence-electron chi connectivity index (χ4n) is 2.52. The molecule has 6 heteroatoms. The summed E-state index contributed by atoms with van der Waals surface area (Å²) in [6.45, 7) is 5.76. The molecule has 1 aromatic heterocycles. The fourth-order valence-corrected chi connectivity index (χ4v) is 2.52. The summed E-state index contributed by atoms with van der Waals surface area (Å²) in [4.78, 5) is 10.6. The SMILES string of the molecule is CCOc1ncnc(NCCC2CCN(C)CC2)c1N. The maximum absolute atomic E-state index is 5.99. The van der Waals surface area contributed by atoms with E-state index >= 15 is 0 Å². The molecule has 0 aliphatic carbocycles. The van der Waals surface area contributed by atoms with E-state index < -0.39 is 0 Å². The first-order valence-electron chi connectivity index (χ1n) is 7.36. The third kappa shape index (κ3) is 3.96. The minimum absolute atomic E-state index is 0.462. The first kappa shape index (κ1) is 14.8. The summed E-state index contributed by atoms with van der Waals surface area (Å²) in [6, 6.07) is 0. The molecule has 2 heterocycles. The molecule has 1 aliphatic rings. The molecule has 0 aromatic carbocycles. The van der Waals surface area contributed by atoms with Crippen molar-refractivity contribution in [3.63, 3.8) is 0 Å². The maximum atomic E-state index is 5.99. The monoisotopic (exact) mass is 279 g/mol. The number of hydrogen-bond acceptors (Lipinski definition) is 6. The number of likely N-dealkylation sites (tertiary alicyclic amines) is 1. The van der Waals surface area contributed by atoms with Crippen LogP contribution in [0.25, 0.3) is 0 Å². The van der Waals surface area contributed by atoms with Crippen molar-refractivity contribution in [3.8, 4) is 5.88 Å². The standard InChI is InChI=1S/C14H25N5O/c1-3-20-14-12(15)13(17-10-18-14)16-7-4-11-5-8-19(2)9-6-11/h10-11H,3-9,15H2,1-2H3,(H,16,17,18). The quantitative estimate of drug-likeness (QED) is 0.824. The van der Waals surface area contributed by atoms with Crippen LogP contribution in [0.1, 0.15) is 26.2 Å². The Morgan fingerprint density at radius 3 is 2.85 bits per heavy atom. The molecule has 3 N–H and O–H groups in total. The molecule has 1 aliphatic heterocycles. The van der Waals surface area contributed by atoms with Crippen LogP contribution in [-0.4, -0.2) is 48.2 Å². The number of aromatic nitrogens is 2. The Hall–Kier alpha value is -1.56. The molecule has 1 aromatic rings. The molecule has 0 spiro atoms. The van der Waals surface area contributed by atoms with Gasteiger partial charge in [0, 0.05) is 6.54 Å². The number of hydrogen-bond donors (Lipinski definition) is 2. The predicted molar refractivity (Wildman–Crippen MR) is 80.9 cm³/mol. The molecule has 1 fully saturated rings. The molecule has 20 heavy (non-hydrogen) atoms. The van der Waals surface area contributed by atoms with Crippen molar-refractivity contribution in [3.05, 3.63) is 6.33 Å². The molecule has 1 saturated heterocycles. The van der Waals surface area contributed by atoms with E-state index in [-0.39, 0.29) is 0 Å². The molecule has 2 rings (SSSR count). The zero-order chi connectivity index (χ0) is 14.4. The van der Waals surface area contributed by atoms with Crippen LogP contribution in [0.2, 0.25) is 0 Å². The minimum Gasteiger partial charge on any atom is -0.476 e. The van der Waals surface area contributed by atoms with E-state index in [1.54, 1.807) is 0 Å². The molecule has 112 valence electrons. The lowest BCUT2D eigenvalue weighted by Crippen LogP contribution is -2.30. The van der Waals surface area contributed by atoms with Gasteiger partial charge in [-0.15, -0.1) is 0 Å². The van der Waals surface area contributed by atoms with Gasteiger partial charge in [0.05, 0.1) is 6.61 Å². The van der Waals surface area contributed by atoms with Crippen molar-refractivity contribution in [2.75, 3.05) is 44.3 Å². The molecule has 0 unspecified atom stereocenters. The van der Waals surface area contributed by atoms with E-state index in [0.29, 0.717) is 24.0 Å². The number of nitrogens with one attached hydrogen (secondary N) is 1. The number of nitrogen functional groups attached to an aromatic ring is 1. The topological polar surface area (TPSA) is 76.3 Å². The average Bonchev–Trinajstić information content (AvgIpc) is 2.45. The molecule has 0 bridgehead atoms. The van der Waals surface area contributed by atoms with Crippen molar-refractivity contribution in [2.45, 2.75) is 26.2 Å². The van der Waals surface area contributed by atoms with E-state index in [4.69, 9.17) is 10.5 Å². The van der Waals surface area contributed by atoms with Gasteiger partial charge in [-0.3, -0.25) is 0 Å². The summed E-state index contributed by atoms with van der Waals surface area (Å²) in [6.07, 6.45) is 5.20. The summed E-state index contributed by atoms with van der Waals surface area (Å²) >= 11 is 0. The molecule has 0 radical (unpaired) electrons. The number of nitrogens with zero attached hydrogens (tertiary/aromatic N) is 3. The van der Waals surface area contributed by atoms with Gasteiger partial charge in [0.1, 0.15) is 12.0 Å². The Morgan fingerprint density at radius 2 is 2.15 bits per heavy atom. The van der Waals surface area contributed by atoms with E-state index in [1.165, 1.54) is 32.3 Å². The first-order chi connectivity index (χ1) is 9.70. The largest absolute Gasteiger partial charge is 0.476 e. The summed E-state index contributed by atoms with van der Waals surface area (Å²) in [5.41, 5.74) is 6.49. The Balaban J connectivity index is 1.80. The van der Waals surface area contributed by atoms with Crippen molar-refractivity contribution in [1.29, 1.82) is 0 Å². The van der Waals surface area contributed by atoms with E-state index in [9.17, 15) is 0 Å². The second kappa shape index (κ2) is 7.28. The second-order valence-corrected chi connectivity index (χ2v) is 5.34. The first-order valence-corrected chi connectivity index (χ1v) is 7.36.